The number of nitrogens with one attached hydrogen (secondary N) is 3. The third-order valence-electron chi connectivity index (χ3n) is 6.62. The van der Waals surface area contributed by atoms with Gasteiger partial charge in [-0.2, -0.15) is 0 Å². The van der Waals surface area contributed by atoms with Crippen LogP contribution in [0.3, 0.4) is 0 Å². The van der Waals surface area contributed by atoms with E-state index in [0.29, 0.717) is 17.3 Å². The lowest BCUT2D eigenvalue weighted by molar-refractivity contribution is -0.903. The zero-order valence-corrected chi connectivity index (χ0v) is 17.7. The van der Waals surface area contributed by atoms with Gasteiger partial charge in [-0.1, -0.05) is 0 Å². The van der Waals surface area contributed by atoms with Crippen LogP contribution in [0.2, 0.25) is 0 Å². The number of carbonyl (C=O) groups excluding carboxylic acids is 1. The topological polar surface area (TPSA) is 89.3 Å². The van der Waals surface area contributed by atoms with E-state index in [0.717, 1.165) is 19.6 Å². The summed E-state index contributed by atoms with van der Waals surface area (Å²) in [7, 11) is 0. The number of anilines is 1. The molecular formula is C21H30FN4O3S+. The standard InChI is InChI=1S/C21H29FN4O3S/c22-13-4-6-14(7-5-13)26-18-15(12-16(27)19(28)17(18)24-21(26)30)20(29)23-8-11-25-9-2-1-3-10-25/h4-7,15-19,27-28H,1-3,8-12H2,(H,23,29)(H,24,30)/p+1/t15-,16-,17-,18-,19+/m1/s1. The van der Waals surface area contributed by atoms with Crippen LogP contribution < -0.4 is 20.4 Å². The summed E-state index contributed by atoms with van der Waals surface area (Å²) in [4.78, 5) is 16.4. The predicted octanol–water partition coefficient (Wildman–Crippen LogP) is -0.816. The Morgan fingerprint density at radius 3 is 2.63 bits per heavy atom. The Kier molecular flexibility index (Phi) is 6.52. The molecule has 4 rings (SSSR count). The fourth-order valence-electron chi connectivity index (χ4n) is 5.04. The monoisotopic (exact) mass is 437 g/mol. The molecule has 0 radical (unpaired) electrons. The van der Waals surface area contributed by atoms with Crippen LogP contribution in [0.1, 0.15) is 25.7 Å². The molecule has 164 valence electrons. The number of aliphatic hydroxyl groups is 2. The molecule has 2 saturated heterocycles. The molecule has 0 aromatic heterocycles. The summed E-state index contributed by atoms with van der Waals surface area (Å²) in [6, 6.07) is 4.87. The summed E-state index contributed by atoms with van der Waals surface area (Å²) < 4.78 is 13.4. The van der Waals surface area contributed by atoms with E-state index in [9.17, 15) is 19.4 Å². The lowest BCUT2D eigenvalue weighted by Gasteiger charge is -2.41. The van der Waals surface area contributed by atoms with Gasteiger partial charge in [0.2, 0.25) is 5.91 Å². The number of rotatable bonds is 5. The average Bonchev–Trinajstić information content (AvgIpc) is 3.09. The predicted molar refractivity (Wildman–Crippen MR) is 115 cm³/mol. The van der Waals surface area contributed by atoms with Crippen molar-refractivity contribution in [3.63, 3.8) is 0 Å². The summed E-state index contributed by atoms with van der Waals surface area (Å²) in [6.45, 7) is 3.75. The van der Waals surface area contributed by atoms with Gasteiger partial charge in [0, 0.05) is 5.69 Å². The fourth-order valence-corrected chi connectivity index (χ4v) is 5.40. The molecule has 2 aliphatic heterocycles. The molecule has 1 aromatic rings. The fraction of sp³-hybridized carbons (Fsp3) is 0.619. The van der Waals surface area contributed by atoms with Gasteiger partial charge in [-0.25, -0.2) is 4.39 Å². The van der Waals surface area contributed by atoms with Crippen LogP contribution in [0.25, 0.3) is 0 Å². The number of fused-ring (bicyclic) bond motifs is 1. The summed E-state index contributed by atoms with van der Waals surface area (Å²) in [5.74, 6) is -1.06. The third-order valence-corrected chi connectivity index (χ3v) is 6.94. The molecular weight excluding hydrogens is 407 g/mol. The SMILES string of the molecule is O=C(NCC[NH+]1CCCCC1)[C@@H]1C[C@@H](O)[C@H](O)[C@@H]2NC(=S)N(c3ccc(F)cc3)[C@@H]21. The average molecular weight is 438 g/mol. The Labute approximate surface area is 181 Å². The van der Waals surface area contributed by atoms with Crippen LogP contribution in [-0.2, 0) is 4.79 Å². The molecule has 5 atom stereocenters. The Morgan fingerprint density at radius 1 is 1.23 bits per heavy atom. The third kappa shape index (κ3) is 4.30. The number of benzene rings is 1. The number of halogens is 1. The van der Waals surface area contributed by atoms with Crippen LogP contribution >= 0.6 is 12.2 Å². The second-order valence-corrected chi connectivity index (χ2v) is 8.95. The first-order chi connectivity index (χ1) is 14.5. The smallest absolute Gasteiger partial charge is 0.225 e. The number of amides is 1. The molecule has 0 bridgehead atoms. The van der Waals surface area contributed by atoms with Gasteiger partial charge in [0.15, 0.2) is 5.11 Å². The van der Waals surface area contributed by atoms with Gasteiger partial charge in [-0.15, -0.1) is 0 Å². The zero-order chi connectivity index (χ0) is 21.3. The van der Waals surface area contributed by atoms with Gasteiger partial charge in [0.1, 0.15) is 11.9 Å². The number of nitrogens with zero attached hydrogens (tertiary/aromatic N) is 1. The highest BCUT2D eigenvalue weighted by Crippen LogP contribution is 2.36. The molecule has 0 spiro atoms. The van der Waals surface area contributed by atoms with E-state index < -0.39 is 30.2 Å². The number of quaternary nitrogens is 1. The van der Waals surface area contributed by atoms with Crippen molar-refractivity contribution in [2.24, 2.45) is 5.92 Å². The quantitative estimate of drug-likeness (QED) is 0.387. The lowest BCUT2D eigenvalue weighted by Crippen LogP contribution is -3.13. The van der Waals surface area contributed by atoms with Crippen molar-refractivity contribution in [1.29, 1.82) is 0 Å². The van der Waals surface area contributed by atoms with Crippen LogP contribution in [-0.4, -0.2) is 71.7 Å². The lowest BCUT2D eigenvalue weighted by atomic mass is 9.77. The van der Waals surface area contributed by atoms with Crippen molar-refractivity contribution < 1.29 is 24.3 Å². The molecule has 30 heavy (non-hydrogen) atoms. The largest absolute Gasteiger partial charge is 0.390 e. The van der Waals surface area contributed by atoms with E-state index in [1.807, 2.05) is 0 Å². The number of piperidine rings is 1. The molecule has 1 amide bonds. The van der Waals surface area contributed by atoms with E-state index in [-0.39, 0.29) is 18.1 Å². The molecule has 0 unspecified atom stereocenters. The van der Waals surface area contributed by atoms with Gasteiger partial charge in [-0.05, 0) is 62.2 Å². The summed E-state index contributed by atoms with van der Waals surface area (Å²) in [5, 5.41) is 27.3. The van der Waals surface area contributed by atoms with Crippen molar-refractivity contribution in [2.75, 3.05) is 31.1 Å². The van der Waals surface area contributed by atoms with Gasteiger partial charge in [0.25, 0.3) is 0 Å². The van der Waals surface area contributed by atoms with E-state index in [1.54, 1.807) is 17.0 Å². The zero-order valence-electron chi connectivity index (χ0n) is 16.9. The van der Waals surface area contributed by atoms with Gasteiger partial charge in [0.05, 0.1) is 50.3 Å². The minimum Gasteiger partial charge on any atom is -0.390 e. The molecule has 7 nitrogen and oxygen atoms in total. The van der Waals surface area contributed by atoms with Crippen LogP contribution in [0.5, 0.6) is 0 Å². The molecule has 2 heterocycles. The van der Waals surface area contributed by atoms with Crippen molar-refractivity contribution >= 4 is 28.9 Å². The van der Waals surface area contributed by atoms with Crippen molar-refractivity contribution in [1.82, 2.24) is 10.6 Å². The highest BCUT2D eigenvalue weighted by atomic mass is 32.1. The molecule has 3 aliphatic rings. The maximum absolute atomic E-state index is 13.4. The Balaban J connectivity index is 1.49. The number of hydrogen-bond acceptors (Lipinski definition) is 4. The first-order valence-electron chi connectivity index (χ1n) is 10.8. The van der Waals surface area contributed by atoms with Crippen molar-refractivity contribution in [3.05, 3.63) is 30.1 Å². The molecule has 1 aliphatic carbocycles. The van der Waals surface area contributed by atoms with Gasteiger partial charge < -0.3 is 30.6 Å². The number of aliphatic hydroxyl groups excluding tert-OH is 2. The van der Waals surface area contributed by atoms with Crippen LogP contribution in [0.15, 0.2) is 24.3 Å². The maximum atomic E-state index is 13.4. The summed E-state index contributed by atoms with van der Waals surface area (Å²) in [5.41, 5.74) is 0.653. The Bertz CT molecular complexity index is 774. The van der Waals surface area contributed by atoms with E-state index in [4.69, 9.17) is 12.2 Å². The first kappa shape index (κ1) is 21.4. The first-order valence-corrected chi connectivity index (χ1v) is 11.2. The molecule has 9 heteroatoms. The Morgan fingerprint density at radius 2 is 1.93 bits per heavy atom. The van der Waals surface area contributed by atoms with Crippen LogP contribution in [0.4, 0.5) is 10.1 Å². The minimum atomic E-state index is -1.04. The maximum Gasteiger partial charge on any atom is 0.225 e. The molecule has 1 saturated carbocycles. The van der Waals surface area contributed by atoms with Crippen molar-refractivity contribution in [2.45, 2.75) is 50.0 Å². The second kappa shape index (κ2) is 9.13. The molecule has 3 fully saturated rings. The summed E-state index contributed by atoms with van der Waals surface area (Å²) >= 11 is 5.47. The van der Waals surface area contributed by atoms with Crippen molar-refractivity contribution in [3.8, 4) is 0 Å². The molecule has 1 aromatic carbocycles. The number of likely N-dealkylation sites (tertiary alicyclic amines) is 1. The minimum absolute atomic E-state index is 0.146. The highest BCUT2D eigenvalue weighted by Gasteiger charge is 2.53. The number of hydrogen-bond donors (Lipinski definition) is 5. The van der Waals surface area contributed by atoms with E-state index in [1.165, 1.54) is 36.3 Å². The van der Waals surface area contributed by atoms with Crippen LogP contribution in [0, 0.1) is 11.7 Å². The van der Waals surface area contributed by atoms with Gasteiger partial charge in [-0.3, -0.25) is 4.79 Å². The molecule has 5 N–H and O–H groups in total. The summed E-state index contributed by atoms with van der Waals surface area (Å²) in [6.07, 6.45) is 1.84. The van der Waals surface area contributed by atoms with Gasteiger partial charge >= 0.3 is 0 Å². The highest BCUT2D eigenvalue weighted by molar-refractivity contribution is 7.80. The Hall–Kier alpha value is -1.81. The number of carbonyl (C=O) groups is 1. The number of thiocarbonyl (C=S) groups is 1. The van der Waals surface area contributed by atoms with E-state index >= 15 is 0 Å². The van der Waals surface area contributed by atoms with E-state index in [2.05, 4.69) is 10.6 Å². The normalized spacial score (nSPS) is 31.9. The second-order valence-electron chi connectivity index (χ2n) is 8.56.